The normalized spacial score (nSPS) is 10.2. The van der Waals surface area contributed by atoms with Gasteiger partial charge in [-0.2, -0.15) is 15.0 Å². The largest absolute Gasteiger partial charge is 0.465 e. The molecule has 0 radical (unpaired) electrons. The molecule has 12 nitrogen and oxygen atoms in total. The van der Waals surface area contributed by atoms with Crippen molar-refractivity contribution in [3.05, 3.63) is 89.5 Å². The van der Waals surface area contributed by atoms with Crippen LogP contribution in [-0.4, -0.2) is 54.2 Å². The molecule has 0 amide bonds. The summed E-state index contributed by atoms with van der Waals surface area (Å²) < 4.78 is 14.2. The monoisotopic (exact) mass is 528 g/mol. The fourth-order valence-corrected chi connectivity index (χ4v) is 3.35. The molecule has 0 unspecified atom stereocenters. The average Bonchev–Trinajstić information content (AvgIpc) is 2.97. The summed E-state index contributed by atoms with van der Waals surface area (Å²) >= 11 is 0. The van der Waals surface area contributed by atoms with Crippen LogP contribution in [0.1, 0.15) is 31.1 Å². The Balaban J connectivity index is 1.61. The molecule has 0 aliphatic heterocycles. The molecule has 12 heteroatoms. The van der Waals surface area contributed by atoms with E-state index in [-0.39, 0.29) is 17.8 Å². The van der Waals surface area contributed by atoms with Gasteiger partial charge in [0.2, 0.25) is 17.8 Å². The number of nitrogens with one attached hydrogen (secondary N) is 3. The number of esters is 3. The molecule has 3 N–H and O–H groups in total. The number of rotatable bonds is 9. The Labute approximate surface area is 223 Å². The Morgan fingerprint density at radius 1 is 0.462 bits per heavy atom. The van der Waals surface area contributed by atoms with E-state index in [2.05, 4.69) is 30.9 Å². The molecule has 4 rings (SSSR count). The first-order valence-electron chi connectivity index (χ1n) is 11.5. The number of hydrogen-bond donors (Lipinski definition) is 3. The first-order chi connectivity index (χ1) is 18.9. The van der Waals surface area contributed by atoms with Crippen molar-refractivity contribution in [1.82, 2.24) is 15.0 Å². The second-order valence-corrected chi connectivity index (χ2v) is 7.89. The lowest BCUT2D eigenvalue weighted by atomic mass is 10.2. The summed E-state index contributed by atoms with van der Waals surface area (Å²) in [5, 5.41) is 9.26. The van der Waals surface area contributed by atoms with Crippen LogP contribution >= 0.6 is 0 Å². The zero-order valence-corrected chi connectivity index (χ0v) is 21.2. The van der Waals surface area contributed by atoms with Gasteiger partial charge in [0.25, 0.3) is 0 Å². The zero-order chi connectivity index (χ0) is 27.8. The molecular weight excluding hydrogens is 504 g/mol. The van der Waals surface area contributed by atoms with Crippen LogP contribution < -0.4 is 16.0 Å². The van der Waals surface area contributed by atoms with Crippen molar-refractivity contribution in [3.63, 3.8) is 0 Å². The van der Waals surface area contributed by atoms with Gasteiger partial charge in [-0.25, -0.2) is 14.4 Å². The van der Waals surface area contributed by atoms with E-state index in [0.717, 1.165) is 0 Å². The lowest BCUT2D eigenvalue weighted by Gasteiger charge is -2.12. The van der Waals surface area contributed by atoms with E-state index in [1.807, 2.05) is 0 Å². The highest BCUT2D eigenvalue weighted by Crippen LogP contribution is 2.22. The number of methoxy groups -OCH3 is 3. The molecule has 0 fully saturated rings. The molecule has 0 saturated carbocycles. The lowest BCUT2D eigenvalue weighted by molar-refractivity contribution is 0.0592. The smallest absolute Gasteiger partial charge is 0.337 e. The predicted molar refractivity (Wildman–Crippen MR) is 143 cm³/mol. The van der Waals surface area contributed by atoms with E-state index in [4.69, 9.17) is 14.2 Å². The zero-order valence-electron chi connectivity index (χ0n) is 21.2. The summed E-state index contributed by atoms with van der Waals surface area (Å²) in [7, 11) is 3.94. The van der Waals surface area contributed by atoms with E-state index in [1.165, 1.54) is 21.3 Å². The third-order valence-corrected chi connectivity index (χ3v) is 5.32. The van der Waals surface area contributed by atoms with Crippen molar-refractivity contribution >= 4 is 52.8 Å². The van der Waals surface area contributed by atoms with Gasteiger partial charge >= 0.3 is 17.9 Å². The van der Waals surface area contributed by atoms with E-state index in [0.29, 0.717) is 33.8 Å². The van der Waals surface area contributed by atoms with Crippen LogP contribution in [-0.2, 0) is 14.2 Å². The van der Waals surface area contributed by atoms with Crippen LogP contribution in [0.2, 0.25) is 0 Å². The molecule has 0 atom stereocenters. The van der Waals surface area contributed by atoms with Crippen LogP contribution in [0, 0.1) is 0 Å². The number of nitrogens with zero attached hydrogens (tertiary/aromatic N) is 3. The maximum Gasteiger partial charge on any atom is 0.337 e. The molecule has 0 aliphatic carbocycles. The van der Waals surface area contributed by atoms with Crippen molar-refractivity contribution in [1.29, 1.82) is 0 Å². The van der Waals surface area contributed by atoms with Crippen LogP contribution in [0.25, 0.3) is 0 Å². The summed E-state index contributed by atoms with van der Waals surface area (Å²) in [4.78, 5) is 48.5. The first kappa shape index (κ1) is 26.5. The highest BCUT2D eigenvalue weighted by atomic mass is 16.5. The Morgan fingerprint density at radius 3 is 0.897 bits per heavy atom. The van der Waals surface area contributed by atoms with E-state index >= 15 is 0 Å². The van der Waals surface area contributed by atoms with Gasteiger partial charge in [0, 0.05) is 17.1 Å². The minimum atomic E-state index is -0.448. The number of aromatic nitrogens is 3. The molecule has 1 aromatic heterocycles. The first-order valence-corrected chi connectivity index (χ1v) is 11.5. The number of carbonyl (C=O) groups excluding carboxylic acids is 3. The van der Waals surface area contributed by atoms with Crippen molar-refractivity contribution in [2.45, 2.75) is 0 Å². The van der Waals surface area contributed by atoms with Crippen molar-refractivity contribution < 1.29 is 28.6 Å². The second-order valence-electron chi connectivity index (χ2n) is 7.89. The molecule has 0 aliphatic rings. The number of ether oxygens (including phenoxy) is 3. The number of carbonyl (C=O) groups is 3. The number of hydrogen-bond acceptors (Lipinski definition) is 12. The van der Waals surface area contributed by atoms with Crippen molar-refractivity contribution in [2.24, 2.45) is 0 Å². The molecule has 198 valence electrons. The quantitative estimate of drug-likeness (QED) is 0.207. The molecule has 0 spiro atoms. The summed E-state index contributed by atoms with van der Waals surface area (Å²) in [6.45, 7) is 0. The predicted octanol–water partition coefficient (Wildman–Crippen LogP) is 4.46. The molecule has 0 bridgehead atoms. The van der Waals surface area contributed by atoms with Crippen molar-refractivity contribution in [3.8, 4) is 0 Å². The minimum absolute atomic E-state index is 0.207. The van der Waals surface area contributed by atoms with Gasteiger partial charge in [0.15, 0.2) is 0 Å². The highest BCUT2D eigenvalue weighted by molar-refractivity contribution is 5.91. The number of anilines is 6. The summed E-state index contributed by atoms with van der Waals surface area (Å²) in [5.74, 6) is -0.724. The third kappa shape index (κ3) is 6.83. The second kappa shape index (κ2) is 12.1. The molecule has 3 aromatic carbocycles. The maximum atomic E-state index is 11.7. The molecule has 4 aromatic rings. The Bertz CT molecular complexity index is 1280. The average molecular weight is 529 g/mol. The van der Waals surface area contributed by atoms with Gasteiger partial charge in [0.05, 0.1) is 38.0 Å². The van der Waals surface area contributed by atoms with Gasteiger partial charge in [0.1, 0.15) is 0 Å². The number of benzene rings is 3. The van der Waals surface area contributed by atoms with Gasteiger partial charge < -0.3 is 30.2 Å². The van der Waals surface area contributed by atoms with E-state index in [9.17, 15) is 14.4 Å². The van der Waals surface area contributed by atoms with Gasteiger partial charge in [-0.05, 0) is 72.8 Å². The summed E-state index contributed by atoms with van der Waals surface area (Å²) in [6, 6.07) is 19.8. The fraction of sp³-hybridized carbons (Fsp3) is 0.111. The van der Waals surface area contributed by atoms with Crippen molar-refractivity contribution in [2.75, 3.05) is 37.3 Å². The molecule has 39 heavy (non-hydrogen) atoms. The third-order valence-electron chi connectivity index (χ3n) is 5.32. The Morgan fingerprint density at radius 2 is 0.692 bits per heavy atom. The minimum Gasteiger partial charge on any atom is -0.465 e. The Kier molecular flexibility index (Phi) is 8.27. The standard InChI is InChI=1S/C27H24N6O6/c1-37-22(34)16-4-10-19(11-5-16)28-25-31-26(29-20-12-6-17(7-13-20)23(35)38-2)33-27(32-25)30-21-14-8-18(9-15-21)24(36)39-3/h4-15H,1-3H3,(H3,28,29,30,31,32,33). The highest BCUT2D eigenvalue weighted by Gasteiger charge is 2.12. The molecule has 0 saturated heterocycles. The SMILES string of the molecule is COC(=O)c1ccc(Nc2nc(Nc3ccc(C(=O)OC)cc3)nc(Nc3ccc(C(=O)OC)cc3)n2)cc1. The van der Waals surface area contributed by atoms with Gasteiger partial charge in [-0.3, -0.25) is 0 Å². The fourth-order valence-electron chi connectivity index (χ4n) is 3.35. The van der Waals surface area contributed by atoms with Crippen LogP contribution in [0.4, 0.5) is 34.9 Å². The van der Waals surface area contributed by atoms with Crippen LogP contribution in [0.15, 0.2) is 72.8 Å². The summed E-state index contributed by atoms with van der Waals surface area (Å²) in [5.41, 5.74) is 3.06. The van der Waals surface area contributed by atoms with E-state index < -0.39 is 17.9 Å². The Hall–Kier alpha value is -5.52. The van der Waals surface area contributed by atoms with E-state index in [1.54, 1.807) is 72.8 Å². The van der Waals surface area contributed by atoms with Crippen LogP contribution in [0.3, 0.4) is 0 Å². The topological polar surface area (TPSA) is 154 Å². The maximum absolute atomic E-state index is 11.7. The summed E-state index contributed by atoms with van der Waals surface area (Å²) in [6.07, 6.45) is 0. The molecular formula is C27H24N6O6. The van der Waals surface area contributed by atoms with Crippen LogP contribution in [0.5, 0.6) is 0 Å². The lowest BCUT2D eigenvalue weighted by Crippen LogP contribution is -2.08. The molecule has 1 heterocycles. The van der Waals surface area contributed by atoms with Gasteiger partial charge in [-0.1, -0.05) is 0 Å². The van der Waals surface area contributed by atoms with Gasteiger partial charge in [-0.15, -0.1) is 0 Å².